The van der Waals surface area contributed by atoms with E-state index >= 15 is 0 Å². The number of nitrogens with zero attached hydrogens (tertiary/aromatic N) is 1. The number of hydrogen-bond acceptors (Lipinski definition) is 5. The third-order valence-corrected chi connectivity index (χ3v) is 3.42. The maximum Gasteiger partial charge on any atom is 0.200 e. The molecule has 0 saturated heterocycles. The number of hydrogen-bond donors (Lipinski definition) is 2. The van der Waals surface area contributed by atoms with Gasteiger partial charge in [0.15, 0.2) is 11.5 Å². The van der Waals surface area contributed by atoms with Crippen LogP contribution in [0.3, 0.4) is 0 Å². The van der Waals surface area contributed by atoms with Crippen LogP contribution >= 0.6 is 0 Å². The van der Waals surface area contributed by atoms with Gasteiger partial charge in [-0.15, -0.1) is 0 Å². The van der Waals surface area contributed by atoms with E-state index in [4.69, 9.17) is 9.68 Å². The third kappa shape index (κ3) is 2.27. The Labute approximate surface area is 125 Å². The highest BCUT2D eigenvalue weighted by atomic mass is 16.3. The summed E-state index contributed by atoms with van der Waals surface area (Å²) in [5, 5.41) is 27.8. The third-order valence-electron chi connectivity index (χ3n) is 3.42. The van der Waals surface area contributed by atoms with E-state index in [1.807, 2.05) is 0 Å². The smallest absolute Gasteiger partial charge is 0.200 e. The first-order valence-corrected chi connectivity index (χ1v) is 6.54. The van der Waals surface area contributed by atoms with Gasteiger partial charge in [0.05, 0.1) is 23.4 Å². The van der Waals surface area contributed by atoms with Crippen LogP contribution in [0.25, 0.3) is 22.1 Å². The van der Waals surface area contributed by atoms with Crippen LogP contribution < -0.4 is 5.43 Å². The second kappa shape index (κ2) is 5.26. The highest BCUT2D eigenvalue weighted by Crippen LogP contribution is 2.30. The van der Waals surface area contributed by atoms with Crippen LogP contribution in [0.5, 0.6) is 11.5 Å². The van der Waals surface area contributed by atoms with Crippen molar-refractivity contribution < 1.29 is 14.6 Å². The Kier molecular flexibility index (Phi) is 3.28. The molecule has 2 aromatic carbocycles. The number of benzene rings is 2. The van der Waals surface area contributed by atoms with Crippen LogP contribution in [-0.2, 0) is 6.42 Å². The molecule has 0 spiro atoms. The van der Waals surface area contributed by atoms with Crippen molar-refractivity contribution >= 4 is 11.0 Å². The summed E-state index contributed by atoms with van der Waals surface area (Å²) in [4.78, 5) is 12.5. The molecule has 0 radical (unpaired) electrons. The molecular weight excluding hydrogens is 282 g/mol. The molecule has 1 heterocycles. The van der Waals surface area contributed by atoms with Crippen LogP contribution in [0, 0.1) is 11.3 Å². The molecule has 0 amide bonds. The van der Waals surface area contributed by atoms with Crippen molar-refractivity contribution in [2.24, 2.45) is 0 Å². The van der Waals surface area contributed by atoms with Gasteiger partial charge in [0.1, 0.15) is 11.8 Å². The standard InChI is InChI=1S/C17H11NO4/c18-6-5-10-1-3-11(4-2-10)13-9-22-16-8-15(20)14(19)7-12(16)17(13)21/h1-4,7-9,19-20H,5H2. The zero-order valence-corrected chi connectivity index (χ0v) is 11.4. The van der Waals surface area contributed by atoms with Crippen LogP contribution in [0.4, 0.5) is 0 Å². The van der Waals surface area contributed by atoms with Crippen LogP contribution in [0.15, 0.2) is 51.9 Å². The predicted molar refractivity (Wildman–Crippen MR) is 80.6 cm³/mol. The van der Waals surface area contributed by atoms with Gasteiger partial charge >= 0.3 is 0 Å². The van der Waals surface area contributed by atoms with Crippen molar-refractivity contribution in [1.29, 1.82) is 5.26 Å². The average molecular weight is 293 g/mol. The van der Waals surface area contributed by atoms with Crippen molar-refractivity contribution in [3.05, 3.63) is 58.4 Å². The minimum Gasteiger partial charge on any atom is -0.504 e. The van der Waals surface area contributed by atoms with Crippen molar-refractivity contribution in [1.82, 2.24) is 0 Å². The molecule has 108 valence electrons. The maximum absolute atomic E-state index is 12.5. The SMILES string of the molecule is N#CCc1ccc(-c2coc3cc(O)c(O)cc3c2=O)cc1. The summed E-state index contributed by atoms with van der Waals surface area (Å²) in [5.74, 6) is -0.717. The second-order valence-corrected chi connectivity index (χ2v) is 4.85. The van der Waals surface area contributed by atoms with Crippen LogP contribution in [-0.4, -0.2) is 10.2 Å². The Hall–Kier alpha value is -3.26. The summed E-state index contributed by atoms with van der Waals surface area (Å²) in [6, 6.07) is 11.5. The van der Waals surface area contributed by atoms with E-state index in [-0.39, 0.29) is 27.9 Å². The zero-order chi connectivity index (χ0) is 15.7. The van der Waals surface area contributed by atoms with Crippen LogP contribution in [0.2, 0.25) is 0 Å². The Morgan fingerprint density at radius 2 is 1.77 bits per heavy atom. The molecular formula is C17H11NO4. The first kappa shape index (κ1) is 13.7. The van der Waals surface area contributed by atoms with Gasteiger partial charge in [0.25, 0.3) is 0 Å². The molecule has 22 heavy (non-hydrogen) atoms. The molecule has 3 aromatic rings. The Balaban J connectivity index is 2.15. The largest absolute Gasteiger partial charge is 0.504 e. The fraction of sp³-hybridized carbons (Fsp3) is 0.0588. The van der Waals surface area contributed by atoms with Gasteiger partial charge in [-0.25, -0.2) is 0 Å². The second-order valence-electron chi connectivity index (χ2n) is 4.85. The molecule has 0 aliphatic rings. The van der Waals surface area contributed by atoms with E-state index in [1.165, 1.54) is 18.4 Å². The summed E-state index contributed by atoms with van der Waals surface area (Å²) in [5.41, 5.74) is 1.76. The minimum atomic E-state index is -0.374. The molecule has 5 heteroatoms. The average Bonchev–Trinajstić information content (AvgIpc) is 2.51. The molecule has 0 fully saturated rings. The van der Waals surface area contributed by atoms with Crippen molar-refractivity contribution in [3.63, 3.8) is 0 Å². The minimum absolute atomic E-state index is 0.189. The van der Waals surface area contributed by atoms with Crippen molar-refractivity contribution in [2.75, 3.05) is 0 Å². The summed E-state index contributed by atoms with van der Waals surface area (Å²) < 4.78 is 5.37. The van der Waals surface area contributed by atoms with E-state index in [0.29, 0.717) is 17.5 Å². The Bertz CT molecular complexity index is 949. The Morgan fingerprint density at radius 1 is 1.09 bits per heavy atom. The fourth-order valence-electron chi connectivity index (χ4n) is 2.25. The molecule has 2 N–H and O–H groups in total. The van der Waals surface area contributed by atoms with Gasteiger partial charge in [-0.1, -0.05) is 24.3 Å². The predicted octanol–water partition coefficient (Wildman–Crippen LogP) is 2.94. The first-order valence-electron chi connectivity index (χ1n) is 6.54. The summed E-state index contributed by atoms with van der Waals surface area (Å²) in [6.45, 7) is 0. The Morgan fingerprint density at radius 3 is 2.45 bits per heavy atom. The summed E-state index contributed by atoms with van der Waals surface area (Å²) >= 11 is 0. The van der Waals surface area contributed by atoms with Crippen molar-refractivity contribution in [3.8, 4) is 28.7 Å². The molecule has 0 unspecified atom stereocenters. The highest BCUT2D eigenvalue weighted by Gasteiger charge is 2.12. The van der Waals surface area contributed by atoms with Gasteiger partial charge in [-0.2, -0.15) is 5.26 Å². The molecule has 0 bridgehead atoms. The fourth-order valence-corrected chi connectivity index (χ4v) is 2.25. The van der Waals surface area contributed by atoms with E-state index < -0.39 is 0 Å². The van der Waals surface area contributed by atoms with Gasteiger partial charge in [0, 0.05) is 6.07 Å². The first-order chi connectivity index (χ1) is 10.6. The lowest BCUT2D eigenvalue weighted by molar-refractivity contribution is 0.403. The monoisotopic (exact) mass is 293 g/mol. The molecule has 0 aliphatic heterocycles. The van der Waals surface area contributed by atoms with E-state index in [2.05, 4.69) is 6.07 Å². The number of phenolic OH excluding ortho intramolecular Hbond substituents is 2. The van der Waals surface area contributed by atoms with E-state index in [0.717, 1.165) is 5.56 Å². The lowest BCUT2D eigenvalue weighted by Crippen LogP contribution is -2.04. The number of fused-ring (bicyclic) bond motifs is 1. The lowest BCUT2D eigenvalue weighted by atomic mass is 10.0. The molecule has 0 aliphatic carbocycles. The number of nitriles is 1. The topological polar surface area (TPSA) is 94.5 Å². The van der Waals surface area contributed by atoms with Gasteiger partial charge < -0.3 is 14.6 Å². The molecule has 3 rings (SSSR count). The lowest BCUT2D eigenvalue weighted by Gasteiger charge is -2.05. The maximum atomic E-state index is 12.5. The van der Waals surface area contributed by atoms with Crippen LogP contribution in [0.1, 0.15) is 5.56 Å². The molecule has 5 nitrogen and oxygen atoms in total. The van der Waals surface area contributed by atoms with Crippen molar-refractivity contribution in [2.45, 2.75) is 6.42 Å². The van der Waals surface area contributed by atoms with Gasteiger partial charge in [-0.3, -0.25) is 4.79 Å². The van der Waals surface area contributed by atoms with Gasteiger partial charge in [-0.05, 0) is 17.2 Å². The molecule has 0 atom stereocenters. The quantitative estimate of drug-likeness (QED) is 0.708. The number of phenols is 2. The zero-order valence-electron chi connectivity index (χ0n) is 11.4. The number of rotatable bonds is 2. The molecule has 1 aromatic heterocycles. The highest BCUT2D eigenvalue weighted by molar-refractivity contribution is 5.84. The molecule has 0 saturated carbocycles. The summed E-state index contributed by atoms with van der Waals surface area (Å²) in [7, 11) is 0. The van der Waals surface area contributed by atoms with E-state index in [9.17, 15) is 15.0 Å². The normalized spacial score (nSPS) is 10.5. The van der Waals surface area contributed by atoms with E-state index in [1.54, 1.807) is 24.3 Å². The summed E-state index contributed by atoms with van der Waals surface area (Å²) in [6.07, 6.45) is 1.63. The van der Waals surface area contributed by atoms with Gasteiger partial charge in [0.2, 0.25) is 5.43 Å². The number of aromatic hydroxyl groups is 2.